The van der Waals surface area contributed by atoms with Crippen LogP contribution in [-0.2, 0) is 24.2 Å². The summed E-state index contributed by atoms with van der Waals surface area (Å²) in [4.78, 5) is 25.7. The fraction of sp³-hybridized carbons (Fsp3) is 0.241. The Morgan fingerprint density at radius 1 is 0.949 bits per heavy atom. The molecule has 10 nitrogen and oxygen atoms in total. The summed E-state index contributed by atoms with van der Waals surface area (Å²) in [5, 5.41) is 28.9. The van der Waals surface area contributed by atoms with Crippen molar-refractivity contribution in [3.63, 3.8) is 0 Å². The average molecular weight is 524 g/mol. The molecule has 0 bridgehead atoms. The third-order valence-corrected chi connectivity index (χ3v) is 6.69. The molecule has 39 heavy (non-hydrogen) atoms. The molecule has 5 rings (SSSR count). The molecule has 0 spiro atoms. The number of carbonyl (C=O) groups is 1. The van der Waals surface area contributed by atoms with Gasteiger partial charge < -0.3 is 5.11 Å². The number of hydrogen-bond acceptors (Lipinski definition) is 6. The molecule has 0 aliphatic rings. The molecular formula is C29H29N7O3. The molecule has 198 valence electrons. The lowest BCUT2D eigenvalue weighted by atomic mass is 9.98. The first-order chi connectivity index (χ1) is 19.0. The van der Waals surface area contributed by atoms with Gasteiger partial charge in [-0.2, -0.15) is 15.0 Å². The number of nitrogens with zero attached hydrogens (tertiary/aromatic N) is 6. The Morgan fingerprint density at radius 2 is 1.67 bits per heavy atom. The number of unbranched alkanes of at least 4 members (excludes halogenated alkanes) is 1. The van der Waals surface area contributed by atoms with Crippen molar-refractivity contribution in [2.75, 3.05) is 0 Å². The topological polar surface area (TPSA) is 132 Å². The van der Waals surface area contributed by atoms with Crippen molar-refractivity contribution in [1.82, 2.24) is 35.0 Å². The molecule has 0 saturated heterocycles. The van der Waals surface area contributed by atoms with E-state index in [2.05, 4.69) is 32.6 Å². The first kappa shape index (κ1) is 25.8. The Hall–Kier alpha value is -4.86. The van der Waals surface area contributed by atoms with E-state index in [1.165, 1.54) is 0 Å². The highest BCUT2D eigenvalue weighted by Crippen LogP contribution is 2.29. The zero-order valence-electron chi connectivity index (χ0n) is 21.6. The molecule has 0 saturated carbocycles. The van der Waals surface area contributed by atoms with Crippen molar-refractivity contribution in [1.29, 1.82) is 0 Å². The summed E-state index contributed by atoms with van der Waals surface area (Å²) in [5.41, 5.74) is 4.11. The van der Waals surface area contributed by atoms with Crippen LogP contribution in [0.1, 0.15) is 42.8 Å². The zero-order chi connectivity index (χ0) is 27.2. The van der Waals surface area contributed by atoms with Gasteiger partial charge in [0.25, 0.3) is 0 Å². The van der Waals surface area contributed by atoms with Crippen LogP contribution in [0.25, 0.3) is 22.5 Å². The van der Waals surface area contributed by atoms with Gasteiger partial charge in [-0.25, -0.2) is 9.59 Å². The Labute approximate surface area is 225 Å². The van der Waals surface area contributed by atoms with Crippen LogP contribution in [0.5, 0.6) is 0 Å². The van der Waals surface area contributed by atoms with Crippen molar-refractivity contribution in [3.05, 3.63) is 106 Å². The van der Waals surface area contributed by atoms with E-state index in [0.717, 1.165) is 45.3 Å². The lowest BCUT2D eigenvalue weighted by Gasteiger charge is -2.11. The predicted octanol–water partition coefficient (Wildman–Crippen LogP) is 4.15. The standard InChI is InChI=1S/C29H29N7O3/c1-2-3-13-26-32-36(25(28(37)38)18-20-9-5-4-6-10-20)29(39)35(26)19-21-14-16-22(17-15-21)23-11-7-8-12-24(23)27-30-33-34-31-27/h4-12,14-17,25H,2-3,13,18-19H2,1H3,(H,37,38)(H,30,31,33,34). The highest BCUT2D eigenvalue weighted by atomic mass is 16.4. The van der Waals surface area contributed by atoms with Crippen LogP contribution >= 0.6 is 0 Å². The summed E-state index contributed by atoms with van der Waals surface area (Å²) in [5.74, 6) is 0.0163. The molecule has 0 aliphatic carbocycles. The normalized spacial score (nSPS) is 11.9. The van der Waals surface area contributed by atoms with Gasteiger partial charge in [-0.3, -0.25) is 4.57 Å². The van der Waals surface area contributed by atoms with Gasteiger partial charge in [-0.1, -0.05) is 92.2 Å². The van der Waals surface area contributed by atoms with Gasteiger partial charge in [0.05, 0.1) is 6.54 Å². The SMILES string of the molecule is CCCCc1nn(C(Cc2ccccc2)C(=O)O)c(=O)n1Cc1ccc(-c2ccccc2-c2nn[nH]n2)cc1. The summed E-state index contributed by atoms with van der Waals surface area (Å²) in [6.07, 6.45) is 2.54. The molecular weight excluding hydrogens is 494 g/mol. The van der Waals surface area contributed by atoms with Gasteiger partial charge in [0.15, 0.2) is 6.04 Å². The lowest BCUT2D eigenvalue weighted by molar-refractivity contribution is -0.141. The zero-order valence-corrected chi connectivity index (χ0v) is 21.6. The fourth-order valence-corrected chi connectivity index (χ4v) is 4.63. The second-order valence-electron chi connectivity index (χ2n) is 9.35. The molecule has 2 heterocycles. The number of carboxylic acids is 1. The van der Waals surface area contributed by atoms with E-state index in [4.69, 9.17) is 0 Å². The van der Waals surface area contributed by atoms with Crippen LogP contribution < -0.4 is 5.69 Å². The Balaban J connectivity index is 1.45. The molecule has 0 radical (unpaired) electrons. The highest BCUT2D eigenvalue weighted by molar-refractivity contribution is 5.80. The van der Waals surface area contributed by atoms with Crippen molar-refractivity contribution in [2.45, 2.75) is 45.2 Å². The molecule has 0 fully saturated rings. The fourth-order valence-electron chi connectivity index (χ4n) is 4.63. The Kier molecular flexibility index (Phi) is 7.72. The molecule has 0 amide bonds. The van der Waals surface area contributed by atoms with E-state index in [-0.39, 0.29) is 6.42 Å². The van der Waals surface area contributed by atoms with Crippen molar-refractivity contribution < 1.29 is 9.90 Å². The molecule has 3 aromatic carbocycles. The largest absolute Gasteiger partial charge is 0.480 e. The predicted molar refractivity (Wildman–Crippen MR) is 146 cm³/mol. The van der Waals surface area contributed by atoms with E-state index >= 15 is 0 Å². The minimum absolute atomic E-state index is 0.175. The van der Waals surface area contributed by atoms with Gasteiger partial charge in [0.2, 0.25) is 5.82 Å². The Bertz CT molecular complexity index is 1590. The third-order valence-electron chi connectivity index (χ3n) is 6.69. The Morgan fingerprint density at radius 3 is 2.33 bits per heavy atom. The molecule has 1 atom stereocenters. The minimum Gasteiger partial charge on any atom is -0.480 e. The minimum atomic E-state index is -1.09. The third kappa shape index (κ3) is 5.69. The summed E-state index contributed by atoms with van der Waals surface area (Å²) in [6, 6.07) is 23.9. The van der Waals surface area contributed by atoms with E-state index in [1.807, 2.05) is 78.9 Å². The summed E-state index contributed by atoms with van der Waals surface area (Å²) >= 11 is 0. The molecule has 1 unspecified atom stereocenters. The number of hydrogen-bond donors (Lipinski definition) is 2. The van der Waals surface area contributed by atoms with Gasteiger partial charge in [0, 0.05) is 18.4 Å². The smallest absolute Gasteiger partial charge is 0.347 e. The molecule has 10 heteroatoms. The average Bonchev–Trinajstić information content (AvgIpc) is 3.60. The number of aliphatic carboxylic acids is 1. The number of aromatic nitrogens is 7. The molecule has 0 aliphatic heterocycles. The van der Waals surface area contributed by atoms with Crippen LogP contribution in [0.2, 0.25) is 0 Å². The monoisotopic (exact) mass is 523 g/mol. The van der Waals surface area contributed by atoms with Gasteiger partial charge in [-0.15, -0.1) is 10.2 Å². The summed E-state index contributed by atoms with van der Waals surface area (Å²) in [6.45, 7) is 2.36. The summed E-state index contributed by atoms with van der Waals surface area (Å²) in [7, 11) is 0. The highest BCUT2D eigenvalue weighted by Gasteiger charge is 2.26. The number of benzene rings is 3. The number of aromatic amines is 1. The first-order valence-electron chi connectivity index (χ1n) is 12.9. The number of tetrazole rings is 1. The second kappa shape index (κ2) is 11.7. The van der Waals surface area contributed by atoms with E-state index in [9.17, 15) is 14.7 Å². The van der Waals surface area contributed by atoms with Gasteiger partial charge >= 0.3 is 11.7 Å². The summed E-state index contributed by atoms with van der Waals surface area (Å²) < 4.78 is 2.73. The first-order valence-corrected chi connectivity index (χ1v) is 12.9. The van der Waals surface area contributed by atoms with Crippen molar-refractivity contribution in [2.24, 2.45) is 0 Å². The number of H-pyrrole nitrogens is 1. The van der Waals surface area contributed by atoms with Crippen molar-refractivity contribution >= 4 is 5.97 Å². The lowest BCUT2D eigenvalue weighted by Crippen LogP contribution is -2.33. The van der Waals surface area contributed by atoms with Crippen LogP contribution in [0, 0.1) is 0 Å². The molecule has 2 N–H and O–H groups in total. The van der Waals surface area contributed by atoms with Crippen LogP contribution in [0.15, 0.2) is 83.7 Å². The number of carboxylic acid groups (broad SMARTS) is 1. The maximum atomic E-state index is 13.5. The number of aryl methyl sites for hydroxylation is 1. The maximum Gasteiger partial charge on any atom is 0.347 e. The van der Waals surface area contributed by atoms with E-state index in [0.29, 0.717) is 24.6 Å². The second-order valence-corrected chi connectivity index (χ2v) is 9.35. The molecule has 2 aromatic heterocycles. The number of rotatable bonds is 11. The van der Waals surface area contributed by atoms with Crippen LogP contribution in [-0.4, -0.2) is 46.0 Å². The van der Waals surface area contributed by atoms with Crippen LogP contribution in [0.4, 0.5) is 0 Å². The van der Waals surface area contributed by atoms with Crippen LogP contribution in [0.3, 0.4) is 0 Å². The van der Waals surface area contributed by atoms with Gasteiger partial charge in [-0.05, 0) is 33.9 Å². The number of nitrogens with one attached hydrogen (secondary N) is 1. The van der Waals surface area contributed by atoms with E-state index < -0.39 is 17.7 Å². The van der Waals surface area contributed by atoms with Gasteiger partial charge in [0.1, 0.15) is 5.82 Å². The molecule has 5 aromatic rings. The van der Waals surface area contributed by atoms with Crippen molar-refractivity contribution in [3.8, 4) is 22.5 Å². The van der Waals surface area contributed by atoms with E-state index in [1.54, 1.807) is 4.57 Å². The quantitative estimate of drug-likeness (QED) is 0.266. The maximum absolute atomic E-state index is 13.5.